The van der Waals surface area contributed by atoms with E-state index in [2.05, 4.69) is 10.3 Å². The van der Waals surface area contributed by atoms with E-state index in [1.807, 2.05) is 4.90 Å². The van der Waals surface area contributed by atoms with E-state index < -0.39 is 11.7 Å². The molecule has 6 nitrogen and oxygen atoms in total. The maximum Gasteiger partial charge on any atom is 0.416 e. The molecule has 0 saturated carbocycles. The Labute approximate surface area is 177 Å². The van der Waals surface area contributed by atoms with Gasteiger partial charge in [0.05, 0.1) is 37.5 Å². The Morgan fingerprint density at radius 1 is 1.23 bits per heavy atom. The zero-order valence-electron chi connectivity index (χ0n) is 16.3. The number of ether oxygens (including phenoxy) is 2. The molecule has 2 aromatic rings. The molecule has 0 unspecified atom stereocenters. The van der Waals surface area contributed by atoms with E-state index in [4.69, 9.17) is 26.8 Å². The van der Waals surface area contributed by atoms with Crippen LogP contribution in [0, 0.1) is 0 Å². The maximum absolute atomic E-state index is 13.6. The molecule has 0 amide bonds. The number of rotatable bonds is 5. The first-order valence-electron chi connectivity index (χ1n) is 9.21. The number of nitrogens with two attached hydrogens (primary N) is 1. The van der Waals surface area contributed by atoms with Crippen LogP contribution >= 0.6 is 11.6 Å². The first kappa shape index (κ1) is 22.0. The fourth-order valence-electron chi connectivity index (χ4n) is 3.09. The van der Waals surface area contributed by atoms with Gasteiger partial charge in [-0.15, -0.1) is 0 Å². The first-order valence-corrected chi connectivity index (χ1v) is 9.59. The number of aliphatic imine (C=N–C) groups is 1. The minimum Gasteiger partial charge on any atom is -0.495 e. The molecule has 3 N–H and O–H groups in total. The average molecular weight is 443 g/mol. The summed E-state index contributed by atoms with van der Waals surface area (Å²) in [6.07, 6.45) is -4.50. The number of anilines is 2. The van der Waals surface area contributed by atoms with E-state index in [0.29, 0.717) is 48.5 Å². The fraction of sp³-hybridized carbons (Fsp3) is 0.350. The van der Waals surface area contributed by atoms with E-state index in [9.17, 15) is 13.2 Å². The van der Waals surface area contributed by atoms with Gasteiger partial charge in [-0.1, -0.05) is 17.7 Å². The number of nitrogens with one attached hydrogen (secondary N) is 1. The van der Waals surface area contributed by atoms with Crippen LogP contribution in [0.15, 0.2) is 41.4 Å². The molecule has 0 spiro atoms. The second kappa shape index (κ2) is 9.44. The number of morpholine rings is 1. The summed E-state index contributed by atoms with van der Waals surface area (Å²) in [5, 5.41) is 3.18. The van der Waals surface area contributed by atoms with Crippen molar-refractivity contribution in [2.45, 2.75) is 12.7 Å². The molecule has 0 radical (unpaired) electrons. The summed E-state index contributed by atoms with van der Waals surface area (Å²) >= 11 is 6.05. The van der Waals surface area contributed by atoms with Crippen molar-refractivity contribution >= 4 is 28.9 Å². The van der Waals surface area contributed by atoms with Crippen molar-refractivity contribution in [1.82, 2.24) is 0 Å². The summed E-state index contributed by atoms with van der Waals surface area (Å²) in [5.41, 5.74) is 6.21. The molecule has 0 aromatic heterocycles. The Bertz CT molecular complexity index is 915. The van der Waals surface area contributed by atoms with Crippen molar-refractivity contribution in [2.75, 3.05) is 43.6 Å². The van der Waals surface area contributed by atoms with Crippen molar-refractivity contribution in [3.05, 3.63) is 52.5 Å². The van der Waals surface area contributed by atoms with Crippen LogP contribution in [0.3, 0.4) is 0 Å². The lowest BCUT2D eigenvalue weighted by Crippen LogP contribution is -2.36. The van der Waals surface area contributed by atoms with Crippen molar-refractivity contribution in [1.29, 1.82) is 0 Å². The molecular formula is C20H22ClF3N4O2. The SMILES string of the molecule is COc1ccc(NC(N)=NCc2ccc(N3CCOCC3)cc2C(F)(F)F)cc1Cl. The van der Waals surface area contributed by atoms with Gasteiger partial charge in [0, 0.05) is 24.5 Å². The summed E-state index contributed by atoms with van der Waals surface area (Å²) < 4.78 is 51.2. The highest BCUT2D eigenvalue weighted by molar-refractivity contribution is 6.32. The Hall–Kier alpha value is -2.65. The topological polar surface area (TPSA) is 72.1 Å². The largest absolute Gasteiger partial charge is 0.495 e. The zero-order chi connectivity index (χ0) is 21.7. The highest BCUT2D eigenvalue weighted by Crippen LogP contribution is 2.35. The van der Waals surface area contributed by atoms with Gasteiger partial charge >= 0.3 is 6.18 Å². The number of hydrogen-bond acceptors (Lipinski definition) is 4. The number of methoxy groups -OCH3 is 1. The van der Waals surface area contributed by atoms with Gasteiger partial charge in [-0.3, -0.25) is 0 Å². The van der Waals surface area contributed by atoms with Crippen molar-refractivity contribution in [3.8, 4) is 5.75 Å². The summed E-state index contributed by atoms with van der Waals surface area (Å²) in [4.78, 5) is 5.92. The monoisotopic (exact) mass is 442 g/mol. The number of hydrogen-bond donors (Lipinski definition) is 2. The van der Waals surface area contributed by atoms with Gasteiger partial charge in [0.2, 0.25) is 0 Å². The molecule has 30 heavy (non-hydrogen) atoms. The second-order valence-corrected chi connectivity index (χ2v) is 7.02. The number of guanidine groups is 1. The quantitative estimate of drug-likeness (QED) is 0.538. The van der Waals surface area contributed by atoms with Crippen LogP contribution < -0.4 is 20.7 Å². The van der Waals surface area contributed by atoms with Gasteiger partial charge in [0.1, 0.15) is 5.75 Å². The highest BCUT2D eigenvalue weighted by Gasteiger charge is 2.34. The molecule has 0 atom stereocenters. The molecule has 3 rings (SSSR count). The van der Waals surface area contributed by atoms with Crippen LogP contribution in [0.1, 0.15) is 11.1 Å². The van der Waals surface area contributed by atoms with Crippen LogP contribution in [0.4, 0.5) is 24.5 Å². The smallest absolute Gasteiger partial charge is 0.416 e. The van der Waals surface area contributed by atoms with E-state index >= 15 is 0 Å². The van der Waals surface area contributed by atoms with Crippen molar-refractivity contribution < 1.29 is 22.6 Å². The first-order chi connectivity index (χ1) is 14.3. The van der Waals surface area contributed by atoms with Gasteiger partial charge in [-0.25, -0.2) is 4.99 Å². The second-order valence-electron chi connectivity index (χ2n) is 6.61. The van der Waals surface area contributed by atoms with Crippen molar-refractivity contribution in [2.24, 2.45) is 10.7 Å². The summed E-state index contributed by atoms with van der Waals surface area (Å²) in [7, 11) is 1.49. The Morgan fingerprint density at radius 2 is 1.97 bits per heavy atom. The lowest BCUT2D eigenvalue weighted by molar-refractivity contribution is -0.138. The van der Waals surface area contributed by atoms with Gasteiger partial charge in [-0.2, -0.15) is 13.2 Å². The maximum atomic E-state index is 13.6. The normalized spacial score (nSPS) is 15.2. The Balaban J connectivity index is 1.76. The lowest BCUT2D eigenvalue weighted by atomic mass is 10.1. The minimum atomic E-state index is -4.50. The number of halogens is 4. The third-order valence-electron chi connectivity index (χ3n) is 4.62. The average Bonchev–Trinajstić information content (AvgIpc) is 2.72. The van der Waals surface area contributed by atoms with E-state index in [0.717, 1.165) is 6.07 Å². The van der Waals surface area contributed by atoms with Crippen molar-refractivity contribution in [3.63, 3.8) is 0 Å². The zero-order valence-corrected chi connectivity index (χ0v) is 17.1. The lowest BCUT2D eigenvalue weighted by Gasteiger charge is -2.29. The molecule has 1 aliphatic heterocycles. The Kier molecular flexibility index (Phi) is 6.94. The number of nitrogens with zero attached hydrogens (tertiary/aromatic N) is 2. The molecule has 1 aliphatic rings. The van der Waals surface area contributed by atoms with Gasteiger partial charge in [-0.05, 0) is 35.9 Å². The molecule has 10 heteroatoms. The van der Waals surface area contributed by atoms with Crippen LogP contribution in [-0.4, -0.2) is 39.4 Å². The molecule has 0 aliphatic carbocycles. The fourth-order valence-corrected chi connectivity index (χ4v) is 3.34. The predicted molar refractivity (Wildman–Crippen MR) is 111 cm³/mol. The number of benzene rings is 2. The minimum absolute atomic E-state index is 0.0263. The van der Waals surface area contributed by atoms with E-state index in [1.165, 1.54) is 13.2 Å². The van der Waals surface area contributed by atoms with Crippen LogP contribution in [0.5, 0.6) is 5.75 Å². The molecule has 2 aromatic carbocycles. The molecular weight excluding hydrogens is 421 g/mol. The van der Waals surface area contributed by atoms with Gasteiger partial charge in [0.25, 0.3) is 0 Å². The highest BCUT2D eigenvalue weighted by atomic mass is 35.5. The third kappa shape index (κ3) is 5.48. The molecule has 1 heterocycles. The molecule has 1 fully saturated rings. The predicted octanol–water partition coefficient (Wildman–Crippen LogP) is 4.13. The Morgan fingerprint density at radius 3 is 2.60 bits per heavy atom. The van der Waals surface area contributed by atoms with Crippen LogP contribution in [0.2, 0.25) is 5.02 Å². The summed E-state index contributed by atoms with van der Waals surface area (Å²) in [5.74, 6) is 0.467. The molecule has 0 bridgehead atoms. The van der Waals surface area contributed by atoms with Crippen LogP contribution in [-0.2, 0) is 17.5 Å². The van der Waals surface area contributed by atoms with E-state index in [-0.39, 0.29) is 18.1 Å². The van der Waals surface area contributed by atoms with E-state index in [1.54, 1.807) is 24.3 Å². The molecule has 162 valence electrons. The van der Waals surface area contributed by atoms with Gasteiger partial charge in [0.15, 0.2) is 5.96 Å². The molecule has 1 saturated heterocycles. The summed E-state index contributed by atoms with van der Waals surface area (Å²) in [6.45, 7) is 1.86. The number of alkyl halides is 3. The standard InChI is InChI=1S/C20H22ClF3N4O2/c1-29-18-5-3-14(10-17(18)21)27-19(25)26-12-13-2-4-15(11-16(13)20(22,23)24)28-6-8-30-9-7-28/h2-5,10-11H,6-9,12H2,1H3,(H3,25,26,27). The van der Waals surface area contributed by atoms with Gasteiger partial charge < -0.3 is 25.4 Å². The summed E-state index contributed by atoms with van der Waals surface area (Å²) in [6, 6.07) is 9.16. The third-order valence-corrected chi connectivity index (χ3v) is 4.91. The van der Waals surface area contributed by atoms with Crippen LogP contribution in [0.25, 0.3) is 0 Å².